The van der Waals surface area contributed by atoms with Crippen molar-refractivity contribution in [1.82, 2.24) is 40.0 Å². The molecule has 5 fully saturated rings. The topological polar surface area (TPSA) is 175 Å². The third-order valence-corrected chi connectivity index (χ3v) is 14.5. The van der Waals surface area contributed by atoms with E-state index < -0.39 is 18.2 Å². The van der Waals surface area contributed by atoms with Gasteiger partial charge in [-0.2, -0.15) is 0 Å². The summed E-state index contributed by atoms with van der Waals surface area (Å²) < 4.78 is 15.9. The number of hydrogen-bond acceptors (Lipinski definition) is 9. The zero-order chi connectivity index (χ0) is 45.3. The van der Waals surface area contributed by atoms with Gasteiger partial charge in [-0.15, -0.1) is 0 Å². The van der Waals surface area contributed by atoms with Crippen molar-refractivity contribution in [2.24, 2.45) is 17.8 Å². The lowest BCUT2D eigenvalue weighted by Crippen LogP contribution is -2.52. The smallest absolute Gasteiger partial charge is 0.410 e. The van der Waals surface area contributed by atoms with Crippen LogP contribution < -0.4 is 5.32 Å². The number of likely N-dealkylation sites (tertiary alicyclic amines) is 2. The zero-order valence-electron chi connectivity index (χ0n) is 37.8. The highest BCUT2D eigenvalue weighted by Gasteiger charge is 2.57. The standard InChI is InChI=1S/C50H58N8O7/c1-26(2)45(55-49(61)63-5)48(60)58-41-20-36(41)22-43(58)47-51-23-38(53-47)30-9-7-29(8-10-30)31-11-12-33-18-34(14-13-32(33)17-31)39-24-52-46(54-39)42-21-35-19-40(35)57(42)44(59)25-56(50(62)64-6)37-15-27(3)65-28(4)16-37/h7-14,17-18,23-24,26-28,35-37,40-43,45H,15-16,19-22,25H2,1-6H3,(H,51,53)(H,52,54)(H,55,61)/t27-,28-,35+,36+,40+,41+,42-,43-,45-/m0/s1. The van der Waals surface area contributed by atoms with Gasteiger partial charge in [0.1, 0.15) is 24.2 Å². The molecular formula is C50H58N8O7. The molecule has 15 heteroatoms. The molecule has 15 nitrogen and oxygen atoms in total. The molecule has 10 rings (SSSR count). The van der Waals surface area contributed by atoms with Gasteiger partial charge in [-0.05, 0) is 110 Å². The molecule has 2 aliphatic carbocycles. The third-order valence-electron chi connectivity index (χ3n) is 14.5. The molecule has 5 aromatic rings. The summed E-state index contributed by atoms with van der Waals surface area (Å²) in [6, 6.07) is 20.4. The third kappa shape index (κ3) is 8.23. The Morgan fingerprint density at radius 2 is 1.26 bits per heavy atom. The second-order valence-corrected chi connectivity index (χ2v) is 19.2. The lowest BCUT2D eigenvalue weighted by Gasteiger charge is -2.39. The maximum Gasteiger partial charge on any atom is 0.410 e. The molecule has 0 spiro atoms. The molecule has 0 radical (unpaired) electrons. The summed E-state index contributed by atoms with van der Waals surface area (Å²) in [6.07, 6.45) is 7.54. The highest BCUT2D eigenvalue weighted by Crippen LogP contribution is 2.54. The Morgan fingerprint density at radius 3 is 1.86 bits per heavy atom. The van der Waals surface area contributed by atoms with Crippen LogP contribution in [0.25, 0.3) is 44.4 Å². The van der Waals surface area contributed by atoms with E-state index in [-0.39, 0.29) is 66.7 Å². The number of carbonyl (C=O) groups excluding carboxylic acids is 4. The van der Waals surface area contributed by atoms with Gasteiger partial charge in [0.25, 0.3) is 0 Å². The molecule has 2 saturated carbocycles. The van der Waals surface area contributed by atoms with E-state index in [2.05, 4.69) is 75.9 Å². The maximum atomic E-state index is 14.1. The minimum absolute atomic E-state index is 0.00868. The number of amides is 4. The Bertz CT molecular complexity index is 2610. The van der Waals surface area contributed by atoms with Gasteiger partial charge >= 0.3 is 12.2 Å². The van der Waals surface area contributed by atoms with Crippen LogP contribution in [0.1, 0.15) is 90.0 Å². The molecule has 4 amide bonds. The lowest BCUT2D eigenvalue weighted by molar-refractivity contribution is -0.137. The number of alkyl carbamates (subject to hydrolysis) is 1. The molecule has 5 aliphatic rings. The van der Waals surface area contributed by atoms with Crippen molar-refractivity contribution in [3.05, 3.63) is 84.7 Å². The number of aromatic nitrogens is 4. The Labute approximate surface area is 378 Å². The summed E-state index contributed by atoms with van der Waals surface area (Å²) in [7, 11) is 2.67. The largest absolute Gasteiger partial charge is 0.453 e. The SMILES string of the molecule is COC(=O)N[C@H](C(=O)N1[C@@H]2C[C@@H]2C[C@H]1c1ncc(-c2ccc(-c3ccc4cc(-c5cnc([C@@H]6C[C@H]7C[C@H]7N6C(=O)CN(C(=O)OC)C6C[C@H](C)O[C@@H](C)C6)[nH]5)ccc4c3)cc2)[nH]1)C(C)C. The molecule has 65 heavy (non-hydrogen) atoms. The fraction of sp³-hybridized carbons (Fsp3) is 0.480. The first-order valence-corrected chi connectivity index (χ1v) is 23.1. The number of fused-ring (bicyclic) bond motifs is 3. The molecule has 5 heterocycles. The highest BCUT2D eigenvalue weighted by molar-refractivity contribution is 5.91. The van der Waals surface area contributed by atoms with Gasteiger partial charge in [0.05, 0.1) is 62.3 Å². The number of rotatable bonds is 11. The van der Waals surface area contributed by atoms with E-state index in [1.807, 2.05) is 49.9 Å². The second-order valence-electron chi connectivity index (χ2n) is 19.2. The first-order valence-electron chi connectivity index (χ1n) is 23.1. The lowest BCUT2D eigenvalue weighted by atomic mass is 9.98. The molecule has 3 saturated heterocycles. The fourth-order valence-corrected chi connectivity index (χ4v) is 11.0. The molecule has 2 aromatic heterocycles. The molecule has 340 valence electrons. The predicted molar refractivity (Wildman–Crippen MR) is 243 cm³/mol. The summed E-state index contributed by atoms with van der Waals surface area (Å²) in [5, 5.41) is 4.95. The maximum absolute atomic E-state index is 14.1. The van der Waals surface area contributed by atoms with Crippen molar-refractivity contribution in [3.8, 4) is 33.6 Å². The van der Waals surface area contributed by atoms with Gasteiger partial charge in [-0.25, -0.2) is 19.6 Å². The Kier molecular flexibility index (Phi) is 11.2. The van der Waals surface area contributed by atoms with Gasteiger partial charge in [0, 0.05) is 23.7 Å². The second kappa shape index (κ2) is 17.0. The van der Waals surface area contributed by atoms with Gasteiger partial charge in [0.2, 0.25) is 11.8 Å². The average Bonchev–Trinajstić information content (AvgIpc) is 3.88. The number of nitrogens with zero attached hydrogens (tertiary/aromatic N) is 5. The summed E-state index contributed by atoms with van der Waals surface area (Å²) in [4.78, 5) is 75.1. The first kappa shape index (κ1) is 42.7. The van der Waals surface area contributed by atoms with E-state index in [0.717, 1.165) is 81.7 Å². The Hall–Kier alpha value is -6.22. The molecular weight excluding hydrogens is 825 g/mol. The molecule has 3 aromatic carbocycles. The monoisotopic (exact) mass is 882 g/mol. The van der Waals surface area contributed by atoms with Crippen LogP contribution in [0.3, 0.4) is 0 Å². The number of aromatic amines is 2. The molecule has 0 unspecified atom stereocenters. The number of hydrogen-bond donors (Lipinski definition) is 3. The van der Waals surface area contributed by atoms with Crippen LogP contribution in [0, 0.1) is 17.8 Å². The molecule has 0 bridgehead atoms. The number of methoxy groups -OCH3 is 2. The first-order chi connectivity index (χ1) is 31.4. The van der Waals surface area contributed by atoms with E-state index in [0.29, 0.717) is 24.7 Å². The fourth-order valence-electron chi connectivity index (χ4n) is 11.0. The van der Waals surface area contributed by atoms with E-state index in [4.69, 9.17) is 24.2 Å². The van der Waals surface area contributed by atoms with Crippen molar-refractivity contribution in [3.63, 3.8) is 0 Å². The minimum atomic E-state index is -0.678. The van der Waals surface area contributed by atoms with Crippen LogP contribution in [0.4, 0.5) is 9.59 Å². The number of H-pyrrole nitrogens is 2. The van der Waals surface area contributed by atoms with E-state index >= 15 is 0 Å². The number of benzene rings is 3. The van der Waals surface area contributed by atoms with Gasteiger partial charge in [-0.3, -0.25) is 14.5 Å². The molecule has 9 atom stereocenters. The van der Waals surface area contributed by atoms with Crippen LogP contribution in [0.2, 0.25) is 0 Å². The number of carbonyl (C=O) groups is 4. The van der Waals surface area contributed by atoms with Crippen molar-refractivity contribution >= 4 is 34.8 Å². The van der Waals surface area contributed by atoms with Crippen molar-refractivity contribution in [2.75, 3.05) is 20.8 Å². The number of nitrogens with one attached hydrogen (secondary N) is 3. The van der Waals surface area contributed by atoms with Crippen molar-refractivity contribution in [1.29, 1.82) is 0 Å². The number of ether oxygens (including phenoxy) is 3. The Balaban J connectivity index is 0.807. The van der Waals surface area contributed by atoms with E-state index in [1.165, 1.54) is 14.2 Å². The Morgan fingerprint density at radius 1 is 0.723 bits per heavy atom. The molecule has 3 aliphatic heterocycles. The van der Waals surface area contributed by atoms with Crippen LogP contribution in [-0.4, -0.2) is 116 Å². The summed E-state index contributed by atoms with van der Waals surface area (Å²) in [5.74, 6) is 2.13. The van der Waals surface area contributed by atoms with E-state index in [9.17, 15) is 19.2 Å². The van der Waals surface area contributed by atoms with Gasteiger partial charge in [0.15, 0.2) is 0 Å². The summed E-state index contributed by atoms with van der Waals surface area (Å²) >= 11 is 0. The van der Waals surface area contributed by atoms with Crippen molar-refractivity contribution in [2.45, 2.75) is 115 Å². The minimum Gasteiger partial charge on any atom is -0.453 e. The van der Waals surface area contributed by atoms with Crippen LogP contribution >= 0.6 is 0 Å². The molecule has 3 N–H and O–H groups in total. The van der Waals surface area contributed by atoms with Gasteiger partial charge < -0.3 is 39.3 Å². The average molecular weight is 883 g/mol. The quantitative estimate of drug-likeness (QED) is 0.119. The summed E-state index contributed by atoms with van der Waals surface area (Å²) in [5.41, 5.74) is 5.95. The normalized spacial score (nSPS) is 27.0. The van der Waals surface area contributed by atoms with E-state index in [1.54, 1.807) is 4.90 Å². The van der Waals surface area contributed by atoms with Crippen LogP contribution in [0.15, 0.2) is 73.1 Å². The zero-order valence-corrected chi connectivity index (χ0v) is 37.8. The number of piperidine rings is 2. The van der Waals surface area contributed by atoms with Gasteiger partial charge in [-0.1, -0.05) is 62.4 Å². The van der Waals surface area contributed by atoms with Crippen molar-refractivity contribution < 1.29 is 33.4 Å². The summed E-state index contributed by atoms with van der Waals surface area (Å²) in [6.45, 7) is 7.82. The number of imidazole rings is 2. The van der Waals surface area contributed by atoms with Crippen LogP contribution in [0.5, 0.6) is 0 Å². The van der Waals surface area contributed by atoms with Crippen LogP contribution in [-0.2, 0) is 23.8 Å². The predicted octanol–water partition coefficient (Wildman–Crippen LogP) is 8.02. The highest BCUT2D eigenvalue weighted by atomic mass is 16.5.